The second kappa shape index (κ2) is 13.9. The second-order valence-electron chi connectivity index (χ2n) is 7.11. The van der Waals surface area contributed by atoms with Crippen LogP contribution < -0.4 is 5.73 Å². The molecule has 2 atom stereocenters. The standard InChI is InChI=1S/C24H32BrNO3/c1-6-7-8-9-10-14-17-20(27)21(25)18(2)15-12-11-13-16-19(3)22(28)24(4,5)23(26)29/h8-16,20,22,27-28H,17H2,1-5H3,(H2,26,29)/b9-8-,13-11+,14-10+,15-12+,19-16-,21-18-/t20-,22-/m1/s1. The van der Waals surface area contributed by atoms with Crippen molar-refractivity contribution >= 4 is 21.8 Å². The van der Waals surface area contributed by atoms with Gasteiger partial charge in [0.1, 0.15) is 0 Å². The topological polar surface area (TPSA) is 83.6 Å². The molecule has 0 rings (SSSR count). The van der Waals surface area contributed by atoms with Crippen molar-refractivity contribution in [2.45, 2.75) is 53.2 Å². The molecule has 29 heavy (non-hydrogen) atoms. The molecule has 0 aliphatic rings. The van der Waals surface area contributed by atoms with Crippen LogP contribution in [0, 0.1) is 17.3 Å². The van der Waals surface area contributed by atoms with Crippen LogP contribution in [0.5, 0.6) is 0 Å². The van der Waals surface area contributed by atoms with E-state index in [9.17, 15) is 15.0 Å². The van der Waals surface area contributed by atoms with Gasteiger partial charge in [0.05, 0.1) is 17.6 Å². The van der Waals surface area contributed by atoms with Crippen LogP contribution in [0.4, 0.5) is 0 Å². The summed E-state index contributed by atoms with van der Waals surface area (Å²) in [6.45, 7) is 8.65. The molecular weight excluding hydrogens is 430 g/mol. The third-order valence-electron chi connectivity index (χ3n) is 4.28. The van der Waals surface area contributed by atoms with Crippen LogP contribution in [0.15, 0.2) is 70.3 Å². The van der Waals surface area contributed by atoms with Crippen molar-refractivity contribution in [2.75, 3.05) is 0 Å². The predicted molar refractivity (Wildman–Crippen MR) is 125 cm³/mol. The largest absolute Gasteiger partial charge is 0.388 e. The van der Waals surface area contributed by atoms with E-state index in [-0.39, 0.29) is 0 Å². The lowest BCUT2D eigenvalue weighted by Gasteiger charge is -2.27. The Morgan fingerprint density at radius 2 is 1.79 bits per heavy atom. The molecular formula is C24H32BrNO3. The third kappa shape index (κ3) is 10.3. The maximum absolute atomic E-state index is 11.4. The van der Waals surface area contributed by atoms with E-state index in [1.165, 1.54) is 0 Å². The van der Waals surface area contributed by atoms with E-state index < -0.39 is 23.5 Å². The van der Waals surface area contributed by atoms with Crippen LogP contribution in [0.1, 0.15) is 41.0 Å². The first-order chi connectivity index (χ1) is 13.6. The van der Waals surface area contributed by atoms with Crippen molar-refractivity contribution in [3.63, 3.8) is 0 Å². The van der Waals surface area contributed by atoms with E-state index in [1.54, 1.807) is 45.9 Å². The lowest BCUT2D eigenvalue weighted by atomic mass is 9.82. The third-order valence-corrected chi connectivity index (χ3v) is 5.43. The lowest BCUT2D eigenvalue weighted by molar-refractivity contribution is -0.130. The van der Waals surface area contributed by atoms with E-state index in [0.29, 0.717) is 12.0 Å². The highest BCUT2D eigenvalue weighted by atomic mass is 79.9. The van der Waals surface area contributed by atoms with Crippen molar-refractivity contribution in [3.05, 3.63) is 70.3 Å². The van der Waals surface area contributed by atoms with Gasteiger partial charge in [-0.1, -0.05) is 70.5 Å². The van der Waals surface area contributed by atoms with Crippen molar-refractivity contribution in [3.8, 4) is 11.8 Å². The number of allylic oxidation sites excluding steroid dienone is 9. The molecule has 0 heterocycles. The molecule has 0 aromatic rings. The summed E-state index contributed by atoms with van der Waals surface area (Å²) in [5.74, 6) is 5.04. The Morgan fingerprint density at radius 1 is 1.14 bits per heavy atom. The first-order valence-corrected chi connectivity index (χ1v) is 10.1. The Morgan fingerprint density at radius 3 is 2.38 bits per heavy atom. The normalized spacial score (nSPS) is 16.3. The number of carbonyl (C=O) groups excluding carboxylic acids is 1. The number of amides is 1. The van der Waals surface area contributed by atoms with Gasteiger partial charge in [-0.05, 0) is 58.3 Å². The zero-order chi connectivity index (χ0) is 22.4. The van der Waals surface area contributed by atoms with Gasteiger partial charge in [0.2, 0.25) is 5.91 Å². The van der Waals surface area contributed by atoms with E-state index in [1.807, 2.05) is 43.4 Å². The van der Waals surface area contributed by atoms with Gasteiger partial charge in [0, 0.05) is 4.48 Å². The zero-order valence-corrected chi connectivity index (χ0v) is 19.4. The molecule has 158 valence electrons. The Balaban J connectivity index is 4.87. The summed E-state index contributed by atoms with van der Waals surface area (Å²) >= 11 is 3.44. The number of halogens is 1. The van der Waals surface area contributed by atoms with Crippen LogP contribution in [-0.2, 0) is 4.79 Å². The Hall–Kier alpha value is -2.13. The summed E-state index contributed by atoms with van der Waals surface area (Å²) in [5, 5.41) is 20.5. The molecule has 0 bridgehead atoms. The van der Waals surface area contributed by atoms with Gasteiger partial charge in [-0.15, -0.1) is 5.92 Å². The number of hydrogen-bond acceptors (Lipinski definition) is 3. The fourth-order valence-corrected chi connectivity index (χ4v) is 2.50. The molecule has 4 N–H and O–H groups in total. The average Bonchev–Trinajstić information content (AvgIpc) is 2.68. The van der Waals surface area contributed by atoms with Crippen LogP contribution >= 0.6 is 15.9 Å². The number of aliphatic hydroxyl groups is 2. The maximum atomic E-state index is 11.4. The Bertz CT molecular complexity index is 787. The minimum absolute atomic E-state index is 0.487. The molecule has 0 fully saturated rings. The van der Waals surface area contributed by atoms with Crippen LogP contribution in [-0.4, -0.2) is 28.3 Å². The van der Waals surface area contributed by atoms with E-state index >= 15 is 0 Å². The summed E-state index contributed by atoms with van der Waals surface area (Å²) in [6, 6.07) is 0. The molecule has 5 heteroatoms. The van der Waals surface area contributed by atoms with E-state index in [2.05, 4.69) is 27.8 Å². The first kappa shape index (κ1) is 26.9. The van der Waals surface area contributed by atoms with Gasteiger partial charge in [-0.2, -0.15) is 0 Å². The molecule has 0 aromatic carbocycles. The number of carbonyl (C=O) groups is 1. The number of nitrogens with two attached hydrogens (primary N) is 1. The van der Waals surface area contributed by atoms with Crippen molar-refractivity contribution < 1.29 is 15.0 Å². The molecule has 0 unspecified atom stereocenters. The maximum Gasteiger partial charge on any atom is 0.226 e. The molecule has 0 aliphatic carbocycles. The molecule has 0 saturated carbocycles. The van der Waals surface area contributed by atoms with Gasteiger partial charge in [0.15, 0.2) is 0 Å². The minimum atomic E-state index is -1.03. The molecule has 0 aromatic heterocycles. The van der Waals surface area contributed by atoms with Gasteiger partial charge < -0.3 is 15.9 Å². The molecule has 0 aliphatic heterocycles. The highest BCUT2D eigenvalue weighted by molar-refractivity contribution is 9.11. The van der Waals surface area contributed by atoms with Crippen molar-refractivity contribution in [1.82, 2.24) is 0 Å². The van der Waals surface area contributed by atoms with Gasteiger partial charge in [-0.25, -0.2) is 0 Å². The quantitative estimate of drug-likeness (QED) is 0.331. The number of primary amides is 1. The fourth-order valence-electron chi connectivity index (χ4n) is 2.19. The molecule has 1 amide bonds. The highest BCUT2D eigenvalue weighted by Gasteiger charge is 2.34. The van der Waals surface area contributed by atoms with Crippen LogP contribution in [0.25, 0.3) is 0 Å². The summed E-state index contributed by atoms with van der Waals surface area (Å²) in [5.41, 5.74) is 5.85. The lowest BCUT2D eigenvalue weighted by Crippen LogP contribution is -2.42. The fraction of sp³-hybridized carbons (Fsp3) is 0.375. The van der Waals surface area contributed by atoms with Gasteiger partial charge >= 0.3 is 0 Å². The van der Waals surface area contributed by atoms with Gasteiger partial charge in [0.25, 0.3) is 0 Å². The molecule has 4 nitrogen and oxygen atoms in total. The average molecular weight is 462 g/mol. The SMILES string of the molecule is CC#C/C=C\C=C\C[C@@H](O)/C(Br)=C(C)/C=C/C=C/C=C(/C)[C@@H](O)C(C)(C)C(N)=O. The monoisotopic (exact) mass is 461 g/mol. The summed E-state index contributed by atoms with van der Waals surface area (Å²) < 4.78 is 0.717. The van der Waals surface area contributed by atoms with Gasteiger partial charge in [-0.3, -0.25) is 4.79 Å². The van der Waals surface area contributed by atoms with E-state index in [0.717, 1.165) is 10.1 Å². The number of hydrogen-bond donors (Lipinski definition) is 3. The molecule has 0 radical (unpaired) electrons. The summed E-state index contributed by atoms with van der Waals surface area (Å²) in [4.78, 5) is 11.4. The Labute approximate surface area is 183 Å². The smallest absolute Gasteiger partial charge is 0.226 e. The molecule has 0 spiro atoms. The second-order valence-corrected chi connectivity index (χ2v) is 7.96. The Kier molecular flexibility index (Phi) is 12.9. The molecule has 0 saturated heterocycles. The van der Waals surface area contributed by atoms with Crippen LogP contribution in [0.2, 0.25) is 0 Å². The summed E-state index contributed by atoms with van der Waals surface area (Å²) in [7, 11) is 0. The van der Waals surface area contributed by atoms with Crippen LogP contribution in [0.3, 0.4) is 0 Å². The predicted octanol–water partition coefficient (Wildman–Crippen LogP) is 4.47. The zero-order valence-electron chi connectivity index (χ0n) is 17.8. The number of rotatable bonds is 10. The first-order valence-electron chi connectivity index (χ1n) is 9.33. The van der Waals surface area contributed by atoms with Crippen molar-refractivity contribution in [2.24, 2.45) is 11.1 Å². The summed E-state index contributed by atoms with van der Waals surface area (Å²) in [6.07, 6.45) is 15.3. The minimum Gasteiger partial charge on any atom is -0.388 e. The highest BCUT2D eigenvalue weighted by Crippen LogP contribution is 2.25. The van der Waals surface area contributed by atoms with E-state index in [4.69, 9.17) is 5.73 Å². The van der Waals surface area contributed by atoms with Crippen molar-refractivity contribution in [1.29, 1.82) is 0 Å². The number of aliphatic hydroxyl groups excluding tert-OH is 2.